The summed E-state index contributed by atoms with van der Waals surface area (Å²) in [5.41, 5.74) is 0.514. The first-order valence-corrected chi connectivity index (χ1v) is 9.43. The van der Waals surface area contributed by atoms with Crippen LogP contribution in [0.15, 0.2) is 36.4 Å². The first-order chi connectivity index (χ1) is 13.9. The second-order valence-corrected chi connectivity index (χ2v) is 6.92. The molecule has 0 saturated heterocycles. The van der Waals surface area contributed by atoms with E-state index in [0.29, 0.717) is 35.6 Å². The molecule has 0 unspecified atom stereocenters. The Balaban J connectivity index is 1.91. The van der Waals surface area contributed by atoms with Gasteiger partial charge in [-0.15, -0.1) is 0 Å². The fourth-order valence-electron chi connectivity index (χ4n) is 2.88. The van der Waals surface area contributed by atoms with E-state index in [1.54, 1.807) is 9.80 Å². The standard InChI is InChI=1S/C21H26N6O2/c1-6-29-16-12-11-14-9-7-8-10-15(14)18(16)19(28)22-13-17-23-20(26(2)3)25-21(24-17)27(4)5/h7-12H,6,13H2,1-5H3,(H,22,28). The predicted molar refractivity (Wildman–Crippen MR) is 115 cm³/mol. The molecule has 0 fully saturated rings. The van der Waals surface area contributed by atoms with Crippen LogP contribution in [0.25, 0.3) is 10.8 Å². The van der Waals surface area contributed by atoms with Crippen molar-refractivity contribution in [3.63, 3.8) is 0 Å². The van der Waals surface area contributed by atoms with Gasteiger partial charge in [-0.05, 0) is 23.8 Å². The Kier molecular flexibility index (Phi) is 6.11. The lowest BCUT2D eigenvalue weighted by Crippen LogP contribution is -2.27. The molecule has 0 aliphatic rings. The third-order valence-corrected chi connectivity index (χ3v) is 4.28. The van der Waals surface area contributed by atoms with Gasteiger partial charge in [0.25, 0.3) is 5.91 Å². The lowest BCUT2D eigenvalue weighted by molar-refractivity contribution is 0.0948. The Bertz CT molecular complexity index is 993. The molecule has 1 N–H and O–H groups in total. The Morgan fingerprint density at radius 2 is 1.62 bits per heavy atom. The van der Waals surface area contributed by atoms with Gasteiger partial charge in [-0.1, -0.05) is 30.3 Å². The normalized spacial score (nSPS) is 10.7. The van der Waals surface area contributed by atoms with E-state index in [1.807, 2.05) is 71.5 Å². The molecule has 3 rings (SSSR count). The highest BCUT2D eigenvalue weighted by Crippen LogP contribution is 2.28. The van der Waals surface area contributed by atoms with Gasteiger partial charge in [-0.2, -0.15) is 15.0 Å². The van der Waals surface area contributed by atoms with Crippen LogP contribution in [-0.4, -0.2) is 55.7 Å². The molecule has 8 nitrogen and oxygen atoms in total. The van der Waals surface area contributed by atoms with E-state index >= 15 is 0 Å². The molecule has 1 aromatic heterocycles. The molecule has 0 atom stereocenters. The summed E-state index contributed by atoms with van der Waals surface area (Å²) < 4.78 is 5.70. The third-order valence-electron chi connectivity index (χ3n) is 4.28. The summed E-state index contributed by atoms with van der Waals surface area (Å²) in [6.07, 6.45) is 0. The summed E-state index contributed by atoms with van der Waals surface area (Å²) in [4.78, 5) is 29.9. The Hall–Kier alpha value is -3.42. The maximum absolute atomic E-state index is 13.1. The van der Waals surface area contributed by atoms with Crippen molar-refractivity contribution in [1.82, 2.24) is 20.3 Å². The molecule has 0 radical (unpaired) electrons. The number of nitrogens with zero attached hydrogens (tertiary/aromatic N) is 5. The highest BCUT2D eigenvalue weighted by atomic mass is 16.5. The number of amides is 1. The summed E-state index contributed by atoms with van der Waals surface area (Å²) in [5, 5.41) is 4.75. The number of nitrogens with one attached hydrogen (secondary N) is 1. The number of hydrogen-bond donors (Lipinski definition) is 1. The molecule has 152 valence electrons. The van der Waals surface area contributed by atoms with Crippen molar-refractivity contribution in [2.45, 2.75) is 13.5 Å². The van der Waals surface area contributed by atoms with Crippen LogP contribution in [-0.2, 0) is 6.54 Å². The lowest BCUT2D eigenvalue weighted by Gasteiger charge is -2.17. The lowest BCUT2D eigenvalue weighted by atomic mass is 10.0. The van der Waals surface area contributed by atoms with Crippen molar-refractivity contribution in [3.8, 4) is 5.75 Å². The molecule has 2 aromatic carbocycles. The summed E-state index contributed by atoms with van der Waals surface area (Å²) in [6.45, 7) is 2.55. The average Bonchev–Trinajstić information content (AvgIpc) is 2.71. The van der Waals surface area contributed by atoms with Crippen molar-refractivity contribution in [3.05, 3.63) is 47.8 Å². The molecule has 1 amide bonds. The van der Waals surface area contributed by atoms with Crippen molar-refractivity contribution in [2.75, 3.05) is 44.6 Å². The average molecular weight is 394 g/mol. The predicted octanol–water partition coefficient (Wildman–Crippen LogP) is 2.49. The van der Waals surface area contributed by atoms with Crippen LogP contribution in [0.1, 0.15) is 23.1 Å². The van der Waals surface area contributed by atoms with Gasteiger partial charge in [0.15, 0.2) is 5.82 Å². The summed E-state index contributed by atoms with van der Waals surface area (Å²) >= 11 is 0. The zero-order valence-electron chi connectivity index (χ0n) is 17.4. The van der Waals surface area contributed by atoms with Gasteiger partial charge < -0.3 is 19.9 Å². The minimum atomic E-state index is -0.233. The highest BCUT2D eigenvalue weighted by Gasteiger charge is 2.18. The minimum absolute atomic E-state index is 0.178. The first kappa shape index (κ1) is 20.3. The SMILES string of the molecule is CCOc1ccc2ccccc2c1C(=O)NCc1nc(N(C)C)nc(N(C)C)n1. The molecular formula is C21H26N6O2. The summed E-state index contributed by atoms with van der Waals surface area (Å²) in [7, 11) is 7.45. The van der Waals surface area contributed by atoms with E-state index in [0.717, 1.165) is 10.8 Å². The zero-order valence-corrected chi connectivity index (χ0v) is 17.4. The molecule has 3 aromatic rings. The van der Waals surface area contributed by atoms with Crippen molar-refractivity contribution in [2.24, 2.45) is 0 Å². The van der Waals surface area contributed by atoms with Crippen LogP contribution < -0.4 is 19.9 Å². The third kappa shape index (κ3) is 4.53. The van der Waals surface area contributed by atoms with E-state index in [-0.39, 0.29) is 12.5 Å². The molecule has 0 saturated carbocycles. The van der Waals surface area contributed by atoms with E-state index in [1.165, 1.54) is 0 Å². The fourth-order valence-corrected chi connectivity index (χ4v) is 2.88. The number of rotatable bonds is 7. The molecule has 0 aliphatic carbocycles. The van der Waals surface area contributed by atoms with Gasteiger partial charge in [0.05, 0.1) is 18.7 Å². The van der Waals surface area contributed by atoms with Gasteiger partial charge >= 0.3 is 0 Å². The van der Waals surface area contributed by atoms with Crippen LogP contribution in [0.5, 0.6) is 5.75 Å². The van der Waals surface area contributed by atoms with Gasteiger partial charge in [-0.3, -0.25) is 4.79 Å². The molecule has 8 heteroatoms. The maximum Gasteiger partial charge on any atom is 0.256 e. The molecule has 0 aliphatic heterocycles. The summed E-state index contributed by atoms with van der Waals surface area (Å²) in [6, 6.07) is 11.5. The monoisotopic (exact) mass is 394 g/mol. The van der Waals surface area contributed by atoms with E-state index in [9.17, 15) is 4.79 Å². The molecule has 0 spiro atoms. The van der Waals surface area contributed by atoms with Crippen molar-refractivity contribution in [1.29, 1.82) is 0 Å². The number of hydrogen-bond acceptors (Lipinski definition) is 7. The van der Waals surface area contributed by atoms with Crippen molar-refractivity contribution >= 4 is 28.6 Å². The van der Waals surface area contributed by atoms with Gasteiger partial charge in [0.1, 0.15) is 5.75 Å². The topological polar surface area (TPSA) is 83.5 Å². The van der Waals surface area contributed by atoms with Gasteiger partial charge in [-0.25, -0.2) is 0 Å². The van der Waals surface area contributed by atoms with Crippen molar-refractivity contribution < 1.29 is 9.53 Å². The second-order valence-electron chi connectivity index (χ2n) is 6.92. The highest BCUT2D eigenvalue weighted by molar-refractivity contribution is 6.09. The quantitative estimate of drug-likeness (QED) is 0.659. The number of aromatic nitrogens is 3. The van der Waals surface area contributed by atoms with E-state index < -0.39 is 0 Å². The van der Waals surface area contributed by atoms with E-state index in [2.05, 4.69) is 20.3 Å². The smallest absolute Gasteiger partial charge is 0.256 e. The van der Waals surface area contributed by atoms with Crippen LogP contribution in [0.3, 0.4) is 0 Å². The summed E-state index contributed by atoms with van der Waals surface area (Å²) in [5.74, 6) is 1.88. The van der Waals surface area contributed by atoms with Gasteiger partial charge in [0, 0.05) is 28.2 Å². The van der Waals surface area contributed by atoms with E-state index in [4.69, 9.17) is 4.74 Å². The molecule has 0 bridgehead atoms. The zero-order chi connectivity index (χ0) is 21.0. The van der Waals surface area contributed by atoms with Crippen LogP contribution in [0.2, 0.25) is 0 Å². The number of carbonyl (C=O) groups is 1. The molecule has 29 heavy (non-hydrogen) atoms. The minimum Gasteiger partial charge on any atom is -0.493 e. The Labute approximate surface area is 170 Å². The fraction of sp³-hybridized carbons (Fsp3) is 0.333. The van der Waals surface area contributed by atoms with Gasteiger partial charge in [0.2, 0.25) is 11.9 Å². The number of carbonyl (C=O) groups excluding carboxylic acids is 1. The maximum atomic E-state index is 13.1. The van der Waals surface area contributed by atoms with Crippen LogP contribution >= 0.6 is 0 Å². The largest absolute Gasteiger partial charge is 0.493 e. The van der Waals surface area contributed by atoms with Crippen LogP contribution in [0, 0.1) is 0 Å². The second kappa shape index (κ2) is 8.72. The number of anilines is 2. The molecular weight excluding hydrogens is 368 g/mol. The van der Waals surface area contributed by atoms with Crippen LogP contribution in [0.4, 0.5) is 11.9 Å². The number of benzene rings is 2. The number of fused-ring (bicyclic) bond motifs is 1. The molecule has 1 heterocycles. The first-order valence-electron chi connectivity index (χ1n) is 9.43. The Morgan fingerprint density at radius 3 is 2.24 bits per heavy atom. The number of ether oxygens (including phenoxy) is 1. The Morgan fingerprint density at radius 1 is 0.966 bits per heavy atom.